The molecular weight excluding hydrogens is 710 g/mol. The molecule has 23 nitrogen and oxygen atoms in total. The number of hydrogen-bond acceptors (Lipinski definition) is 13. The molecule has 298 valence electrons. The average Bonchev–Trinajstić information content (AvgIpc) is 3.08. The quantitative estimate of drug-likeness (QED) is 0.0652. The lowest BCUT2D eigenvalue weighted by Gasteiger charge is -2.26. The van der Waals surface area contributed by atoms with Gasteiger partial charge >= 0.3 is 17.9 Å². The molecule has 1 heterocycles. The van der Waals surface area contributed by atoms with Crippen LogP contribution in [0.1, 0.15) is 64.2 Å². The SMILES string of the molecule is NCCCC[C@@H]1NC(=O)[C@H](CCC(=O)O)NC(=O)CNC(=O)[C@H](CO)NC(=O)[C@H](CCCCN)NC(=O)[C@H](CC(=O)O)NC(=O)[C@H](CC(=O)O)NC1=O. The average molecular weight is 760 g/mol. The van der Waals surface area contributed by atoms with Crippen LogP contribution in [0.25, 0.3) is 0 Å². The Kier molecular flexibility index (Phi) is 20.6. The molecule has 0 aromatic heterocycles. The van der Waals surface area contributed by atoms with Gasteiger partial charge in [0.1, 0.15) is 36.3 Å². The molecule has 0 aromatic rings. The van der Waals surface area contributed by atoms with Gasteiger partial charge in [0, 0.05) is 6.42 Å². The normalized spacial score (nSPS) is 24.2. The van der Waals surface area contributed by atoms with Crippen molar-refractivity contribution < 1.29 is 68.4 Å². The monoisotopic (exact) mass is 759 g/mol. The highest BCUT2D eigenvalue weighted by Crippen LogP contribution is 2.08. The second kappa shape index (κ2) is 23.9. The van der Waals surface area contributed by atoms with Gasteiger partial charge in [-0.2, -0.15) is 0 Å². The van der Waals surface area contributed by atoms with Gasteiger partial charge in [0.25, 0.3) is 0 Å². The summed E-state index contributed by atoms with van der Waals surface area (Å²) in [5.74, 6) is -12.4. The molecule has 0 saturated carbocycles. The number of carbonyl (C=O) groups is 10. The molecule has 1 aliphatic heterocycles. The summed E-state index contributed by atoms with van der Waals surface area (Å²) < 4.78 is 0. The van der Waals surface area contributed by atoms with Gasteiger partial charge in [-0.15, -0.1) is 0 Å². The molecule has 1 saturated heterocycles. The van der Waals surface area contributed by atoms with Crippen LogP contribution >= 0.6 is 0 Å². The Bertz CT molecular complexity index is 1350. The summed E-state index contributed by atoms with van der Waals surface area (Å²) in [6.45, 7) is -1.47. The number of carboxylic acid groups (broad SMARTS) is 3. The standard InChI is InChI=1S/C30H49N9O14/c31-9-3-1-5-15-26(49)37-19(12-24(46)47)30(53)38-18(11-23(44)45)29(52)36-16(6-2-4-10-32)27(50)39-20(14-40)25(48)33-13-21(41)34-17(28(51)35-15)7-8-22(42)43/h15-20,40H,1-14,31-32H2,(H,33,48)(H,34,41)(H,35,51)(H,36,52)(H,37,49)(H,38,53)(H,39,50)(H,42,43)(H,44,45)(H,46,47)/t15-,16-,17-,18-,19-,20-/m0/s1. The Morgan fingerprint density at radius 1 is 0.509 bits per heavy atom. The first-order chi connectivity index (χ1) is 25.0. The van der Waals surface area contributed by atoms with Crippen molar-refractivity contribution in [2.45, 2.75) is 100 Å². The second-order valence-corrected chi connectivity index (χ2v) is 12.0. The zero-order valence-electron chi connectivity index (χ0n) is 28.9. The van der Waals surface area contributed by atoms with Crippen LogP contribution in [0.5, 0.6) is 0 Å². The van der Waals surface area contributed by atoms with Crippen LogP contribution in [0.15, 0.2) is 0 Å². The minimum atomic E-state index is -1.94. The first kappa shape index (κ1) is 45.6. The van der Waals surface area contributed by atoms with E-state index < -0.39 is 134 Å². The number of carbonyl (C=O) groups excluding carboxylic acids is 7. The van der Waals surface area contributed by atoms with E-state index >= 15 is 0 Å². The third-order valence-corrected chi connectivity index (χ3v) is 7.72. The molecular formula is C30H49N9O14. The van der Waals surface area contributed by atoms with Crippen LogP contribution in [0, 0.1) is 0 Å². The topological polar surface area (TPSA) is 388 Å². The number of unbranched alkanes of at least 4 members (excludes halogenated alkanes) is 2. The summed E-state index contributed by atoms with van der Waals surface area (Å²) >= 11 is 0. The van der Waals surface area contributed by atoms with Crippen molar-refractivity contribution in [1.82, 2.24) is 37.2 Å². The van der Waals surface area contributed by atoms with Crippen molar-refractivity contribution in [3.8, 4) is 0 Å². The van der Waals surface area contributed by atoms with Gasteiger partial charge in [0.05, 0.1) is 26.0 Å². The van der Waals surface area contributed by atoms with Crippen molar-refractivity contribution in [3.05, 3.63) is 0 Å². The molecule has 0 spiro atoms. The van der Waals surface area contributed by atoms with Gasteiger partial charge in [0.15, 0.2) is 0 Å². The third-order valence-electron chi connectivity index (χ3n) is 7.72. The molecule has 53 heavy (non-hydrogen) atoms. The summed E-state index contributed by atoms with van der Waals surface area (Å²) in [4.78, 5) is 127. The smallest absolute Gasteiger partial charge is 0.305 e. The van der Waals surface area contributed by atoms with Crippen molar-refractivity contribution in [1.29, 1.82) is 0 Å². The maximum atomic E-state index is 13.5. The summed E-state index contributed by atoms with van der Waals surface area (Å²) in [6, 6.07) is -10.2. The van der Waals surface area contributed by atoms with E-state index in [4.69, 9.17) is 11.5 Å². The molecule has 0 radical (unpaired) electrons. The summed E-state index contributed by atoms with van der Waals surface area (Å²) in [5, 5.41) is 53.5. The van der Waals surface area contributed by atoms with E-state index in [1.807, 2.05) is 0 Å². The Hall–Kier alpha value is -5.42. The lowest BCUT2D eigenvalue weighted by Crippen LogP contribution is -2.60. The molecule has 7 amide bonds. The Labute approximate surface area is 303 Å². The highest BCUT2D eigenvalue weighted by molar-refractivity contribution is 5.99. The lowest BCUT2D eigenvalue weighted by atomic mass is 10.0. The zero-order chi connectivity index (χ0) is 40.1. The van der Waals surface area contributed by atoms with Crippen molar-refractivity contribution in [2.24, 2.45) is 11.5 Å². The Morgan fingerprint density at radius 3 is 1.26 bits per heavy atom. The lowest BCUT2D eigenvalue weighted by molar-refractivity contribution is -0.143. The van der Waals surface area contributed by atoms with Gasteiger partial charge in [-0.3, -0.25) is 47.9 Å². The van der Waals surface area contributed by atoms with Crippen molar-refractivity contribution in [2.75, 3.05) is 26.2 Å². The molecule has 1 fully saturated rings. The predicted octanol–water partition coefficient (Wildman–Crippen LogP) is -5.91. The molecule has 23 heteroatoms. The van der Waals surface area contributed by atoms with E-state index in [-0.39, 0.29) is 38.8 Å². The molecule has 0 unspecified atom stereocenters. The first-order valence-electron chi connectivity index (χ1n) is 16.8. The van der Waals surface area contributed by atoms with E-state index in [2.05, 4.69) is 37.2 Å². The number of amides is 7. The number of aliphatic hydroxyl groups is 1. The fourth-order valence-corrected chi connectivity index (χ4v) is 4.92. The molecule has 0 aliphatic carbocycles. The Morgan fingerprint density at radius 2 is 0.887 bits per heavy atom. The number of nitrogens with two attached hydrogens (primary N) is 2. The van der Waals surface area contributed by atoms with Gasteiger partial charge in [-0.1, -0.05) is 0 Å². The molecule has 1 aliphatic rings. The summed E-state index contributed by atoms with van der Waals surface area (Å²) in [5.41, 5.74) is 11.1. The van der Waals surface area contributed by atoms with Crippen LogP contribution in [0.4, 0.5) is 0 Å². The van der Waals surface area contributed by atoms with Crippen LogP contribution < -0.4 is 48.7 Å². The highest BCUT2D eigenvalue weighted by atomic mass is 16.4. The number of nitrogens with one attached hydrogen (secondary N) is 7. The fraction of sp³-hybridized carbons (Fsp3) is 0.667. The number of hydrogen-bond donors (Lipinski definition) is 13. The molecule has 1 rings (SSSR count). The van der Waals surface area contributed by atoms with E-state index in [1.54, 1.807) is 0 Å². The number of aliphatic hydroxyl groups excluding tert-OH is 1. The molecule has 6 atom stereocenters. The zero-order valence-corrected chi connectivity index (χ0v) is 28.9. The molecule has 15 N–H and O–H groups in total. The molecule has 0 aromatic carbocycles. The summed E-state index contributed by atoms with van der Waals surface area (Å²) in [7, 11) is 0. The molecule has 0 bridgehead atoms. The van der Waals surface area contributed by atoms with Gasteiger partial charge in [-0.25, -0.2) is 0 Å². The second-order valence-electron chi connectivity index (χ2n) is 12.0. The van der Waals surface area contributed by atoms with Gasteiger partial charge < -0.3 is 69.1 Å². The van der Waals surface area contributed by atoms with E-state index in [9.17, 15) is 68.4 Å². The maximum absolute atomic E-state index is 13.5. The van der Waals surface area contributed by atoms with E-state index in [0.717, 1.165) is 0 Å². The maximum Gasteiger partial charge on any atom is 0.305 e. The van der Waals surface area contributed by atoms with E-state index in [1.165, 1.54) is 0 Å². The Balaban J connectivity index is 3.70. The first-order valence-corrected chi connectivity index (χ1v) is 16.8. The number of aliphatic carboxylic acids is 3. The van der Waals surface area contributed by atoms with Gasteiger partial charge in [-0.05, 0) is 58.0 Å². The van der Waals surface area contributed by atoms with Gasteiger partial charge in [0.2, 0.25) is 41.4 Å². The third kappa shape index (κ3) is 17.6. The largest absolute Gasteiger partial charge is 0.481 e. The van der Waals surface area contributed by atoms with Crippen molar-refractivity contribution >= 4 is 59.3 Å². The van der Waals surface area contributed by atoms with Crippen LogP contribution in [0.2, 0.25) is 0 Å². The van der Waals surface area contributed by atoms with Crippen LogP contribution in [-0.4, -0.2) is 142 Å². The number of carboxylic acids is 3. The minimum Gasteiger partial charge on any atom is -0.481 e. The van der Waals surface area contributed by atoms with E-state index in [0.29, 0.717) is 12.8 Å². The van der Waals surface area contributed by atoms with Crippen LogP contribution in [0.3, 0.4) is 0 Å². The van der Waals surface area contributed by atoms with Crippen LogP contribution in [-0.2, 0) is 47.9 Å². The highest BCUT2D eigenvalue weighted by Gasteiger charge is 2.35. The van der Waals surface area contributed by atoms with Crippen molar-refractivity contribution in [3.63, 3.8) is 0 Å². The predicted molar refractivity (Wildman–Crippen MR) is 179 cm³/mol. The fourth-order valence-electron chi connectivity index (χ4n) is 4.92. The number of rotatable bonds is 16. The minimum absolute atomic E-state index is 0.118. The summed E-state index contributed by atoms with van der Waals surface area (Å²) in [6.07, 6.45) is -2.36.